The lowest BCUT2D eigenvalue weighted by atomic mass is 10.0. The number of piperidine rings is 1. The Balaban J connectivity index is 1.57. The van der Waals surface area contributed by atoms with Gasteiger partial charge in [0.1, 0.15) is 5.82 Å². The molecule has 9 heteroatoms. The number of nitrogens with zero attached hydrogens (tertiary/aromatic N) is 3. The summed E-state index contributed by atoms with van der Waals surface area (Å²) < 4.78 is 39.6. The largest absolute Gasteiger partial charge is 0.390 e. The number of anilines is 2. The third-order valence-corrected chi connectivity index (χ3v) is 5.30. The second-order valence-corrected chi connectivity index (χ2v) is 7.49. The molecule has 0 bridgehead atoms. The first kappa shape index (κ1) is 21.2. The number of carbonyl (C=O) groups is 1. The van der Waals surface area contributed by atoms with E-state index in [1.165, 1.54) is 0 Å². The molecule has 3 rings (SSSR count). The molecule has 0 saturated carbocycles. The zero-order valence-corrected chi connectivity index (χ0v) is 16.5. The molecule has 1 aromatic heterocycles. The molecule has 1 aliphatic heterocycles. The number of alkyl halides is 3. The Kier molecular flexibility index (Phi) is 6.46. The molecular weight excluding hydrogens is 383 g/mol. The number of urea groups is 1. The Bertz CT molecular complexity index is 828. The summed E-state index contributed by atoms with van der Waals surface area (Å²) in [6.07, 6.45) is -1.98. The van der Waals surface area contributed by atoms with E-state index in [0.29, 0.717) is 31.7 Å². The summed E-state index contributed by atoms with van der Waals surface area (Å²) in [4.78, 5) is 14.2. The molecule has 1 unspecified atom stereocenters. The van der Waals surface area contributed by atoms with Gasteiger partial charge in [-0.25, -0.2) is 9.48 Å². The lowest BCUT2D eigenvalue weighted by Gasteiger charge is -2.36. The summed E-state index contributed by atoms with van der Waals surface area (Å²) in [6, 6.07) is 8.33. The lowest BCUT2D eigenvalue weighted by Crippen LogP contribution is -2.42. The maximum Gasteiger partial charge on any atom is 0.390 e. The normalized spacial score (nSPS) is 17.1. The minimum atomic E-state index is -4.15. The summed E-state index contributed by atoms with van der Waals surface area (Å²) in [5, 5.41) is 9.96. The number of rotatable bonds is 5. The topological polar surface area (TPSA) is 62.2 Å². The van der Waals surface area contributed by atoms with Gasteiger partial charge in [-0.1, -0.05) is 18.2 Å². The fraction of sp³-hybridized carbons (Fsp3) is 0.500. The molecule has 0 aliphatic carbocycles. The Morgan fingerprint density at radius 3 is 2.55 bits per heavy atom. The number of nitrogens with one attached hydrogen (secondary N) is 2. The van der Waals surface area contributed by atoms with Gasteiger partial charge in [0, 0.05) is 30.9 Å². The fourth-order valence-corrected chi connectivity index (χ4v) is 3.72. The van der Waals surface area contributed by atoms with Crippen LogP contribution in [0.1, 0.15) is 37.8 Å². The lowest BCUT2D eigenvalue weighted by molar-refractivity contribution is -0.147. The van der Waals surface area contributed by atoms with E-state index in [0.717, 1.165) is 11.3 Å². The summed E-state index contributed by atoms with van der Waals surface area (Å²) in [6.45, 7) is 4.66. The van der Waals surface area contributed by atoms with Crippen LogP contribution < -0.4 is 10.6 Å². The fourth-order valence-electron chi connectivity index (χ4n) is 3.72. The van der Waals surface area contributed by atoms with E-state index in [1.807, 2.05) is 36.1 Å². The highest BCUT2D eigenvalue weighted by Crippen LogP contribution is 2.30. The number of hydrogen-bond donors (Lipinski definition) is 2. The van der Waals surface area contributed by atoms with Crippen LogP contribution in [0, 0.1) is 6.92 Å². The second kappa shape index (κ2) is 8.86. The second-order valence-electron chi connectivity index (χ2n) is 7.49. The molecule has 29 heavy (non-hydrogen) atoms. The quantitative estimate of drug-likeness (QED) is 0.745. The summed E-state index contributed by atoms with van der Waals surface area (Å²) in [5.41, 5.74) is 1.68. The highest BCUT2D eigenvalue weighted by atomic mass is 19.4. The predicted molar refractivity (Wildman–Crippen MR) is 106 cm³/mol. The van der Waals surface area contributed by atoms with Crippen molar-refractivity contribution in [3.05, 3.63) is 42.1 Å². The van der Waals surface area contributed by atoms with Crippen LogP contribution in [0.3, 0.4) is 0 Å². The summed E-state index contributed by atoms with van der Waals surface area (Å²) >= 11 is 0. The summed E-state index contributed by atoms with van der Waals surface area (Å²) in [5.74, 6) is 0.567. The van der Waals surface area contributed by atoms with Gasteiger partial charge in [-0.3, -0.25) is 5.32 Å². The molecule has 1 atom stereocenters. The van der Waals surface area contributed by atoms with E-state index >= 15 is 0 Å². The predicted octanol–water partition coefficient (Wildman–Crippen LogP) is 4.81. The molecule has 2 heterocycles. The van der Waals surface area contributed by atoms with Gasteiger partial charge >= 0.3 is 12.2 Å². The molecule has 6 nitrogen and oxygen atoms in total. The number of halogens is 3. The molecule has 158 valence electrons. The van der Waals surface area contributed by atoms with Gasteiger partial charge in [0.25, 0.3) is 0 Å². The molecule has 0 radical (unpaired) electrons. The average Bonchev–Trinajstić information content (AvgIpc) is 3.10. The van der Waals surface area contributed by atoms with Crippen molar-refractivity contribution in [2.24, 2.45) is 0 Å². The van der Waals surface area contributed by atoms with Crippen LogP contribution >= 0.6 is 0 Å². The SMILES string of the molecule is Cc1ccccc1NC(=O)Nc1ccnn1C1CCN(C(C)CC(F)(F)F)CC1. The van der Waals surface area contributed by atoms with Crippen molar-refractivity contribution in [2.75, 3.05) is 23.7 Å². The van der Waals surface area contributed by atoms with Crippen LogP contribution in [0.5, 0.6) is 0 Å². The molecule has 1 aliphatic rings. The monoisotopic (exact) mass is 409 g/mol. The molecule has 1 aromatic carbocycles. The Labute approximate surface area is 168 Å². The number of amides is 2. The Hall–Kier alpha value is -2.55. The van der Waals surface area contributed by atoms with Crippen molar-refractivity contribution in [1.82, 2.24) is 14.7 Å². The zero-order valence-electron chi connectivity index (χ0n) is 16.5. The van der Waals surface area contributed by atoms with Gasteiger partial charge in [0.05, 0.1) is 18.7 Å². The van der Waals surface area contributed by atoms with Crippen molar-refractivity contribution in [2.45, 2.75) is 51.4 Å². The van der Waals surface area contributed by atoms with Crippen molar-refractivity contribution < 1.29 is 18.0 Å². The molecule has 2 aromatic rings. The number of aryl methyl sites for hydroxylation is 1. The van der Waals surface area contributed by atoms with Crippen molar-refractivity contribution in [1.29, 1.82) is 0 Å². The van der Waals surface area contributed by atoms with Crippen LogP contribution in [0.15, 0.2) is 36.5 Å². The molecule has 2 N–H and O–H groups in total. The van der Waals surface area contributed by atoms with Gasteiger partial charge in [-0.2, -0.15) is 18.3 Å². The smallest absolute Gasteiger partial charge is 0.307 e. The van der Waals surface area contributed by atoms with Crippen LogP contribution in [0.25, 0.3) is 0 Å². The maximum atomic E-state index is 12.6. The molecule has 0 spiro atoms. The Morgan fingerprint density at radius 2 is 1.90 bits per heavy atom. The number of para-hydroxylation sites is 1. The molecule has 1 saturated heterocycles. The number of aromatic nitrogens is 2. The van der Waals surface area contributed by atoms with Gasteiger partial charge < -0.3 is 10.2 Å². The standard InChI is InChI=1S/C20H26F3N5O/c1-14-5-3-4-6-17(14)25-19(29)26-18-7-10-24-28(18)16-8-11-27(12-9-16)15(2)13-20(21,22)23/h3-7,10,15-16H,8-9,11-13H2,1-2H3,(H2,25,26,29). The number of carbonyl (C=O) groups excluding carboxylic acids is 1. The maximum absolute atomic E-state index is 12.6. The van der Waals surface area contributed by atoms with Crippen molar-refractivity contribution in [3.8, 4) is 0 Å². The van der Waals surface area contributed by atoms with Crippen LogP contribution in [-0.2, 0) is 0 Å². The Morgan fingerprint density at radius 1 is 1.21 bits per heavy atom. The number of benzene rings is 1. The first-order valence-corrected chi connectivity index (χ1v) is 9.71. The van der Waals surface area contributed by atoms with Gasteiger partial charge in [0.2, 0.25) is 0 Å². The van der Waals surface area contributed by atoms with Crippen molar-refractivity contribution >= 4 is 17.5 Å². The third kappa shape index (κ3) is 5.72. The highest BCUT2D eigenvalue weighted by molar-refractivity contribution is 5.99. The van der Waals surface area contributed by atoms with E-state index in [2.05, 4.69) is 15.7 Å². The first-order valence-electron chi connectivity index (χ1n) is 9.71. The minimum absolute atomic E-state index is 0.0353. The van der Waals surface area contributed by atoms with Crippen LogP contribution in [0.4, 0.5) is 29.5 Å². The van der Waals surface area contributed by atoms with Crippen molar-refractivity contribution in [3.63, 3.8) is 0 Å². The van der Waals surface area contributed by atoms with E-state index in [-0.39, 0.29) is 12.1 Å². The molecule has 1 fully saturated rings. The first-order chi connectivity index (χ1) is 13.7. The zero-order chi connectivity index (χ0) is 21.0. The van der Waals surface area contributed by atoms with E-state index in [9.17, 15) is 18.0 Å². The van der Waals surface area contributed by atoms with Crippen LogP contribution in [-0.4, -0.2) is 46.0 Å². The third-order valence-electron chi connectivity index (χ3n) is 5.30. The average molecular weight is 409 g/mol. The highest BCUT2D eigenvalue weighted by Gasteiger charge is 2.34. The molecule has 2 amide bonds. The minimum Gasteiger partial charge on any atom is -0.307 e. The number of hydrogen-bond acceptors (Lipinski definition) is 3. The van der Waals surface area contributed by atoms with Crippen LogP contribution in [0.2, 0.25) is 0 Å². The molecular formula is C20H26F3N5O. The van der Waals surface area contributed by atoms with Gasteiger partial charge in [-0.05, 0) is 38.3 Å². The van der Waals surface area contributed by atoms with E-state index in [1.54, 1.807) is 23.9 Å². The van der Waals surface area contributed by atoms with E-state index < -0.39 is 18.6 Å². The van der Waals surface area contributed by atoms with E-state index in [4.69, 9.17) is 0 Å². The van der Waals surface area contributed by atoms with Gasteiger partial charge in [0.15, 0.2) is 0 Å². The summed E-state index contributed by atoms with van der Waals surface area (Å²) in [7, 11) is 0. The van der Waals surface area contributed by atoms with Gasteiger partial charge in [-0.15, -0.1) is 0 Å². The number of likely N-dealkylation sites (tertiary alicyclic amines) is 1.